The molecule has 0 bridgehead atoms. The van der Waals surface area contributed by atoms with E-state index in [1.54, 1.807) is 13.8 Å². The molecule has 170 valence electrons. The molecule has 0 unspecified atom stereocenters. The summed E-state index contributed by atoms with van der Waals surface area (Å²) in [7, 11) is 0. The molecular weight excluding hydrogens is 483 g/mol. The number of benzene rings is 2. The summed E-state index contributed by atoms with van der Waals surface area (Å²) in [5.41, 5.74) is 0.177. The normalized spacial score (nSPS) is 20.0. The van der Waals surface area contributed by atoms with Crippen LogP contribution in [0.3, 0.4) is 0 Å². The van der Waals surface area contributed by atoms with Crippen LogP contribution in [0.15, 0.2) is 33.1 Å². The van der Waals surface area contributed by atoms with Crippen LogP contribution in [0.2, 0.25) is 10.0 Å². The molecular formula is C19H12Cl2N4O8. The van der Waals surface area contributed by atoms with Gasteiger partial charge >= 0.3 is 0 Å². The molecule has 5 rings (SSSR count). The Bertz CT molecular complexity index is 1360. The number of ether oxygens (including phenoxy) is 2. The molecule has 2 aromatic carbocycles. The molecule has 33 heavy (non-hydrogen) atoms. The molecule has 0 saturated carbocycles. The third-order valence-electron chi connectivity index (χ3n) is 4.92. The fourth-order valence-corrected chi connectivity index (χ4v) is 4.01. The minimum Gasteiger partial charge on any atom is -0.437 e. The van der Waals surface area contributed by atoms with Crippen molar-refractivity contribution in [1.29, 1.82) is 0 Å². The molecule has 0 N–H and O–H groups in total. The molecule has 1 saturated heterocycles. The molecule has 0 spiro atoms. The van der Waals surface area contributed by atoms with Crippen molar-refractivity contribution in [2.75, 3.05) is 0 Å². The van der Waals surface area contributed by atoms with Crippen molar-refractivity contribution in [2.45, 2.75) is 31.8 Å². The van der Waals surface area contributed by atoms with Crippen molar-refractivity contribution in [3.05, 3.63) is 66.3 Å². The maximum absolute atomic E-state index is 11.2. The Balaban J connectivity index is 1.59. The van der Waals surface area contributed by atoms with Crippen LogP contribution in [0, 0.1) is 20.2 Å². The number of nitro benzene ring substituents is 2. The second-order valence-corrected chi connectivity index (χ2v) is 8.45. The zero-order valence-corrected chi connectivity index (χ0v) is 18.3. The zero-order chi connectivity index (χ0) is 23.7. The van der Waals surface area contributed by atoms with E-state index in [1.807, 2.05) is 0 Å². The maximum atomic E-state index is 11.2. The average molecular weight is 495 g/mol. The van der Waals surface area contributed by atoms with Gasteiger partial charge in [-0.1, -0.05) is 23.2 Å². The van der Waals surface area contributed by atoms with Gasteiger partial charge in [0, 0.05) is 0 Å². The van der Waals surface area contributed by atoms with Gasteiger partial charge < -0.3 is 18.3 Å². The zero-order valence-electron chi connectivity index (χ0n) is 16.8. The van der Waals surface area contributed by atoms with E-state index < -0.39 is 27.8 Å². The van der Waals surface area contributed by atoms with Crippen LogP contribution in [0.25, 0.3) is 22.2 Å². The Morgan fingerprint density at radius 1 is 0.818 bits per heavy atom. The number of hydrogen-bond donors (Lipinski definition) is 0. The number of nitrogens with zero attached hydrogens (tertiary/aromatic N) is 4. The van der Waals surface area contributed by atoms with E-state index in [9.17, 15) is 20.2 Å². The van der Waals surface area contributed by atoms with E-state index in [4.69, 9.17) is 41.5 Å². The quantitative estimate of drug-likeness (QED) is 0.256. The summed E-state index contributed by atoms with van der Waals surface area (Å²) in [5.74, 6) is -0.976. The fraction of sp³-hybridized carbons (Fsp3) is 0.263. The monoisotopic (exact) mass is 494 g/mol. The molecule has 4 aromatic rings. The first-order chi connectivity index (χ1) is 15.5. The number of hydrogen-bond acceptors (Lipinski definition) is 10. The summed E-state index contributed by atoms with van der Waals surface area (Å²) in [5, 5.41) is 22.2. The second kappa shape index (κ2) is 7.35. The van der Waals surface area contributed by atoms with E-state index in [2.05, 4.69) is 9.97 Å². The first-order valence-electron chi connectivity index (χ1n) is 9.37. The predicted molar refractivity (Wildman–Crippen MR) is 113 cm³/mol. The average Bonchev–Trinajstić information content (AvgIpc) is 3.39. The van der Waals surface area contributed by atoms with E-state index in [0.717, 1.165) is 0 Å². The Hall–Kier alpha value is -3.32. The molecule has 0 amide bonds. The van der Waals surface area contributed by atoms with E-state index in [1.165, 1.54) is 24.3 Å². The minimum atomic E-state index is -1.09. The Labute approximate surface area is 193 Å². The van der Waals surface area contributed by atoms with Crippen LogP contribution in [0.4, 0.5) is 11.4 Å². The van der Waals surface area contributed by atoms with Gasteiger partial charge in [-0.25, -0.2) is 9.97 Å². The van der Waals surface area contributed by atoms with Gasteiger partial charge in [-0.05, 0) is 26.0 Å². The number of fused-ring (bicyclic) bond motifs is 2. The number of nitro groups is 2. The fourth-order valence-electron chi connectivity index (χ4n) is 3.56. The highest BCUT2D eigenvalue weighted by Gasteiger charge is 2.48. The lowest BCUT2D eigenvalue weighted by molar-refractivity contribution is -0.384. The summed E-state index contributed by atoms with van der Waals surface area (Å²) in [6.07, 6.45) is -1.88. The molecule has 1 aliphatic rings. The van der Waals surface area contributed by atoms with Crippen molar-refractivity contribution >= 4 is 56.8 Å². The summed E-state index contributed by atoms with van der Waals surface area (Å²) in [6.45, 7) is 3.32. The highest BCUT2D eigenvalue weighted by molar-refractivity contribution is 6.33. The molecule has 2 aromatic heterocycles. The van der Waals surface area contributed by atoms with Gasteiger partial charge in [0.1, 0.15) is 21.1 Å². The molecule has 3 heterocycles. The lowest BCUT2D eigenvalue weighted by atomic mass is 10.2. The number of aromatic nitrogens is 2. The molecule has 1 fully saturated rings. The Kier molecular flexibility index (Phi) is 4.79. The second-order valence-electron chi connectivity index (χ2n) is 7.64. The third-order valence-corrected chi connectivity index (χ3v) is 5.53. The van der Waals surface area contributed by atoms with Crippen LogP contribution in [-0.4, -0.2) is 25.6 Å². The number of rotatable bonds is 4. The summed E-state index contributed by atoms with van der Waals surface area (Å²) < 4.78 is 23.3. The summed E-state index contributed by atoms with van der Waals surface area (Å²) in [6, 6.07) is 4.98. The molecule has 12 nitrogen and oxygen atoms in total. The highest BCUT2D eigenvalue weighted by atomic mass is 35.5. The van der Waals surface area contributed by atoms with Crippen LogP contribution in [-0.2, 0) is 9.47 Å². The maximum Gasteiger partial charge on any atom is 0.291 e. The van der Waals surface area contributed by atoms with Gasteiger partial charge in [0.2, 0.25) is 11.8 Å². The van der Waals surface area contributed by atoms with Crippen molar-refractivity contribution in [3.63, 3.8) is 0 Å². The first-order valence-corrected chi connectivity index (χ1v) is 10.1. The van der Waals surface area contributed by atoms with Crippen LogP contribution < -0.4 is 0 Å². The SMILES string of the molecule is CC1(C)O[C@H](c2nc3cc(Cl)c([N+](=O)[O-])cc3o2)[C@@H](c2nc3cc(Cl)c([N+](=O)[O-])cc3o2)O1. The smallest absolute Gasteiger partial charge is 0.291 e. The van der Waals surface area contributed by atoms with Crippen molar-refractivity contribution in [1.82, 2.24) is 9.97 Å². The lowest BCUT2D eigenvalue weighted by Gasteiger charge is -2.15. The predicted octanol–water partition coefficient (Wildman–Crippen LogP) is 5.66. The van der Waals surface area contributed by atoms with Crippen LogP contribution in [0.5, 0.6) is 0 Å². The molecule has 2 atom stereocenters. The molecule has 14 heteroatoms. The van der Waals surface area contributed by atoms with Gasteiger partial charge in [0.05, 0.1) is 22.0 Å². The van der Waals surface area contributed by atoms with E-state index >= 15 is 0 Å². The topological polar surface area (TPSA) is 157 Å². The molecule has 0 radical (unpaired) electrons. The summed E-state index contributed by atoms with van der Waals surface area (Å²) in [4.78, 5) is 29.8. The van der Waals surface area contributed by atoms with Crippen molar-refractivity contribution in [2.24, 2.45) is 0 Å². The highest BCUT2D eigenvalue weighted by Crippen LogP contribution is 2.48. The van der Waals surface area contributed by atoms with Crippen molar-refractivity contribution in [3.8, 4) is 0 Å². The third kappa shape index (κ3) is 3.66. The number of oxazole rings is 2. The van der Waals surface area contributed by atoms with Gasteiger partial charge in [-0.2, -0.15) is 0 Å². The van der Waals surface area contributed by atoms with Crippen molar-refractivity contribution < 1.29 is 28.2 Å². The lowest BCUT2D eigenvalue weighted by Crippen LogP contribution is -2.20. The minimum absolute atomic E-state index is 0.0587. The summed E-state index contributed by atoms with van der Waals surface area (Å²) >= 11 is 11.9. The van der Waals surface area contributed by atoms with Gasteiger partial charge in [0.25, 0.3) is 11.4 Å². The number of halogens is 2. The van der Waals surface area contributed by atoms with E-state index in [-0.39, 0.29) is 55.4 Å². The largest absolute Gasteiger partial charge is 0.437 e. The van der Waals surface area contributed by atoms with Gasteiger partial charge in [0.15, 0.2) is 29.2 Å². The Morgan fingerprint density at radius 2 is 1.21 bits per heavy atom. The van der Waals surface area contributed by atoms with Crippen LogP contribution in [0.1, 0.15) is 37.8 Å². The molecule has 0 aliphatic carbocycles. The first kappa shape index (κ1) is 21.5. The molecule has 1 aliphatic heterocycles. The van der Waals surface area contributed by atoms with Crippen LogP contribution >= 0.6 is 23.2 Å². The Morgan fingerprint density at radius 3 is 1.58 bits per heavy atom. The van der Waals surface area contributed by atoms with Gasteiger partial charge in [-0.3, -0.25) is 20.2 Å². The van der Waals surface area contributed by atoms with E-state index in [0.29, 0.717) is 0 Å². The standard InChI is InChI=1S/C19H12Cl2N4O8/c1-19(2)32-15(17-22-9-3-7(20)11(24(26)27)5-13(9)30-17)16(33-19)18-23-10-4-8(21)12(25(28)29)6-14(10)31-18/h3-6,15-16H,1-2H3/t15-,16-/m0/s1. The van der Waals surface area contributed by atoms with Gasteiger partial charge in [-0.15, -0.1) is 0 Å².